The maximum Gasteiger partial charge on any atom is 0.135 e. The van der Waals surface area contributed by atoms with Crippen LogP contribution in [0.1, 0.15) is 19.8 Å². The molecule has 0 radical (unpaired) electrons. The molecule has 0 amide bonds. The molecule has 1 aliphatic heterocycles. The van der Waals surface area contributed by atoms with Gasteiger partial charge in [0, 0.05) is 25.0 Å². The van der Waals surface area contributed by atoms with Gasteiger partial charge in [-0.15, -0.1) is 0 Å². The maximum atomic E-state index is 10.8. The first kappa shape index (κ1) is 6.35. The minimum absolute atomic E-state index is 0.372. The van der Waals surface area contributed by atoms with Crippen LogP contribution in [0, 0.1) is 5.92 Å². The molecule has 0 N–H and O–H groups in total. The topological polar surface area (TPSA) is 20.3 Å². The summed E-state index contributed by atoms with van der Waals surface area (Å²) in [5, 5.41) is 0. The molecule has 1 saturated carbocycles. The Bertz CT molecular complexity index is 157. The Kier molecular flexibility index (Phi) is 1.31. The smallest absolute Gasteiger partial charge is 0.135 e. The molecule has 0 spiro atoms. The lowest BCUT2D eigenvalue weighted by Crippen LogP contribution is -2.50. The fourth-order valence-electron chi connectivity index (χ4n) is 1.51. The van der Waals surface area contributed by atoms with Gasteiger partial charge in [-0.3, -0.25) is 9.69 Å². The van der Waals surface area contributed by atoms with Crippen LogP contribution in [-0.4, -0.2) is 29.8 Å². The molecule has 0 bridgehead atoms. The molecule has 2 fully saturated rings. The van der Waals surface area contributed by atoms with E-state index >= 15 is 0 Å². The van der Waals surface area contributed by atoms with E-state index < -0.39 is 0 Å². The molecule has 0 aromatic heterocycles. The zero-order chi connectivity index (χ0) is 7.14. The monoisotopic (exact) mass is 139 g/mol. The van der Waals surface area contributed by atoms with Gasteiger partial charge < -0.3 is 0 Å². The third kappa shape index (κ3) is 0.966. The average molecular weight is 139 g/mol. The zero-order valence-corrected chi connectivity index (χ0v) is 6.34. The highest BCUT2D eigenvalue weighted by Crippen LogP contribution is 2.32. The fraction of sp³-hybridized carbons (Fsp3) is 0.875. The van der Waals surface area contributed by atoms with E-state index in [1.165, 1.54) is 12.8 Å². The highest BCUT2D eigenvalue weighted by atomic mass is 16.1. The van der Waals surface area contributed by atoms with Gasteiger partial charge in [-0.25, -0.2) is 0 Å². The average Bonchev–Trinajstić information content (AvgIpc) is 2.42. The van der Waals surface area contributed by atoms with Crippen molar-refractivity contribution in [1.82, 2.24) is 4.90 Å². The molecule has 0 aromatic carbocycles. The predicted molar refractivity (Wildman–Crippen MR) is 38.8 cm³/mol. The Morgan fingerprint density at radius 3 is 2.40 bits per heavy atom. The maximum absolute atomic E-state index is 10.8. The van der Waals surface area contributed by atoms with Crippen molar-refractivity contribution in [3.05, 3.63) is 0 Å². The number of nitrogens with zero attached hydrogens (tertiary/aromatic N) is 1. The number of Topliss-reactive ketones (excluding diaryl/α,β-unsaturated/α-hetero) is 1. The number of carbonyl (C=O) groups excluding carboxylic acids is 1. The number of ketones is 1. The number of hydrogen-bond acceptors (Lipinski definition) is 2. The summed E-state index contributed by atoms with van der Waals surface area (Å²) >= 11 is 0. The van der Waals surface area contributed by atoms with Gasteiger partial charge in [-0.1, -0.05) is 0 Å². The van der Waals surface area contributed by atoms with Crippen LogP contribution in [0.15, 0.2) is 0 Å². The number of likely N-dealkylation sites (tertiary alicyclic amines) is 1. The first-order valence-corrected chi connectivity index (χ1v) is 4.02. The van der Waals surface area contributed by atoms with Crippen molar-refractivity contribution in [2.24, 2.45) is 5.92 Å². The van der Waals surface area contributed by atoms with E-state index in [9.17, 15) is 4.79 Å². The second-order valence-corrected chi connectivity index (χ2v) is 3.49. The molecule has 2 aliphatic rings. The van der Waals surface area contributed by atoms with Gasteiger partial charge in [0.1, 0.15) is 5.78 Å². The van der Waals surface area contributed by atoms with Crippen molar-refractivity contribution in [2.75, 3.05) is 13.1 Å². The summed E-state index contributed by atoms with van der Waals surface area (Å²) in [5.41, 5.74) is 0. The van der Waals surface area contributed by atoms with Gasteiger partial charge in [0.15, 0.2) is 0 Å². The molecule has 0 unspecified atom stereocenters. The van der Waals surface area contributed by atoms with E-state index in [1.807, 2.05) is 0 Å². The summed E-state index contributed by atoms with van der Waals surface area (Å²) in [6, 6.07) is 0.857. The van der Waals surface area contributed by atoms with Crippen molar-refractivity contribution in [3.8, 4) is 0 Å². The number of rotatable bonds is 2. The van der Waals surface area contributed by atoms with Gasteiger partial charge in [0.05, 0.1) is 0 Å². The van der Waals surface area contributed by atoms with Crippen LogP contribution in [-0.2, 0) is 4.79 Å². The molecular weight excluding hydrogens is 126 g/mol. The summed E-state index contributed by atoms with van der Waals surface area (Å²) in [5.74, 6) is 0.748. The normalized spacial score (nSPS) is 28.1. The number of hydrogen-bond donors (Lipinski definition) is 0. The van der Waals surface area contributed by atoms with Gasteiger partial charge in [0.25, 0.3) is 0 Å². The summed E-state index contributed by atoms with van der Waals surface area (Å²) in [6.07, 6.45) is 2.73. The van der Waals surface area contributed by atoms with Gasteiger partial charge in [-0.2, -0.15) is 0 Å². The molecule has 2 heteroatoms. The Morgan fingerprint density at radius 2 is 2.00 bits per heavy atom. The fourth-order valence-corrected chi connectivity index (χ4v) is 1.51. The zero-order valence-electron chi connectivity index (χ0n) is 6.34. The lowest BCUT2D eigenvalue weighted by atomic mass is 9.96. The molecule has 56 valence electrons. The molecular formula is C8H13NO. The largest absolute Gasteiger partial charge is 0.300 e. The van der Waals surface area contributed by atoms with Crippen LogP contribution in [0.4, 0.5) is 0 Å². The minimum Gasteiger partial charge on any atom is -0.300 e. The quantitative estimate of drug-likeness (QED) is 0.560. The Morgan fingerprint density at radius 1 is 1.40 bits per heavy atom. The molecule has 1 heterocycles. The van der Waals surface area contributed by atoms with Crippen molar-refractivity contribution in [2.45, 2.75) is 25.8 Å². The van der Waals surface area contributed by atoms with Crippen LogP contribution in [0.3, 0.4) is 0 Å². The lowest BCUT2D eigenvalue weighted by Gasteiger charge is -2.37. The van der Waals surface area contributed by atoms with Gasteiger partial charge >= 0.3 is 0 Å². The van der Waals surface area contributed by atoms with Crippen LogP contribution in [0.2, 0.25) is 0 Å². The van der Waals surface area contributed by atoms with Crippen LogP contribution in [0.25, 0.3) is 0 Å². The summed E-state index contributed by atoms with van der Waals surface area (Å²) in [7, 11) is 0. The second-order valence-electron chi connectivity index (χ2n) is 3.49. The van der Waals surface area contributed by atoms with Crippen molar-refractivity contribution >= 4 is 5.78 Å². The molecule has 2 rings (SSSR count). The standard InChI is InChI=1S/C8H13NO/c1-6(10)7-4-9(5-7)8-2-3-8/h7-8H,2-5H2,1H3. The van der Waals surface area contributed by atoms with Crippen molar-refractivity contribution in [1.29, 1.82) is 0 Å². The Balaban J connectivity index is 1.77. The summed E-state index contributed by atoms with van der Waals surface area (Å²) in [6.45, 7) is 3.79. The van der Waals surface area contributed by atoms with Gasteiger partial charge in [-0.05, 0) is 19.8 Å². The van der Waals surface area contributed by atoms with Crippen molar-refractivity contribution in [3.63, 3.8) is 0 Å². The Hall–Kier alpha value is -0.370. The van der Waals surface area contributed by atoms with E-state index in [0.717, 1.165) is 19.1 Å². The third-order valence-corrected chi connectivity index (χ3v) is 2.55. The van der Waals surface area contributed by atoms with E-state index in [4.69, 9.17) is 0 Å². The number of carbonyl (C=O) groups is 1. The highest BCUT2D eigenvalue weighted by Gasteiger charge is 2.39. The summed E-state index contributed by atoms with van der Waals surface area (Å²) < 4.78 is 0. The summed E-state index contributed by atoms with van der Waals surface area (Å²) in [4.78, 5) is 13.2. The predicted octanol–water partition coefficient (Wildman–Crippen LogP) is 0.670. The van der Waals surface area contributed by atoms with E-state index in [-0.39, 0.29) is 0 Å². The first-order chi connectivity index (χ1) is 4.77. The molecule has 1 saturated heterocycles. The SMILES string of the molecule is CC(=O)C1CN(C2CC2)C1. The van der Waals surface area contributed by atoms with E-state index in [0.29, 0.717) is 11.7 Å². The van der Waals surface area contributed by atoms with E-state index in [2.05, 4.69) is 4.90 Å². The highest BCUT2D eigenvalue weighted by molar-refractivity contribution is 5.79. The minimum atomic E-state index is 0.372. The third-order valence-electron chi connectivity index (χ3n) is 2.55. The molecule has 0 aromatic rings. The molecule has 0 atom stereocenters. The lowest BCUT2D eigenvalue weighted by molar-refractivity contribution is -0.125. The molecule has 1 aliphatic carbocycles. The second kappa shape index (κ2) is 2.06. The van der Waals surface area contributed by atoms with Crippen LogP contribution in [0.5, 0.6) is 0 Å². The Labute approximate surface area is 61.2 Å². The van der Waals surface area contributed by atoms with E-state index in [1.54, 1.807) is 6.92 Å². The van der Waals surface area contributed by atoms with Crippen LogP contribution >= 0.6 is 0 Å². The molecule has 2 nitrogen and oxygen atoms in total. The van der Waals surface area contributed by atoms with Crippen molar-refractivity contribution < 1.29 is 4.79 Å². The first-order valence-electron chi connectivity index (χ1n) is 4.02. The van der Waals surface area contributed by atoms with Gasteiger partial charge in [0.2, 0.25) is 0 Å². The molecule has 10 heavy (non-hydrogen) atoms. The van der Waals surface area contributed by atoms with Crippen LogP contribution < -0.4 is 0 Å².